The fraction of sp³-hybridized carbons (Fsp3) is 0.0870. The molecule has 0 bridgehead atoms. The predicted octanol–water partition coefficient (Wildman–Crippen LogP) is 3.87. The van der Waals surface area contributed by atoms with Gasteiger partial charge in [0.05, 0.1) is 22.6 Å². The van der Waals surface area contributed by atoms with Crippen LogP contribution in [0.4, 0.5) is 11.4 Å². The van der Waals surface area contributed by atoms with Gasteiger partial charge in [-0.3, -0.25) is 19.9 Å². The van der Waals surface area contributed by atoms with Gasteiger partial charge in [-0.2, -0.15) is 4.31 Å². The molecule has 4 rings (SSSR count). The number of anilines is 1. The number of fused-ring (bicyclic) bond motifs is 1. The second-order valence-corrected chi connectivity index (χ2v) is 9.06. The van der Waals surface area contributed by atoms with E-state index in [1.807, 2.05) is 0 Å². The monoisotopic (exact) mass is 495 g/mol. The number of carbonyl (C=O) groups is 2. The van der Waals surface area contributed by atoms with Crippen molar-refractivity contribution in [1.82, 2.24) is 4.98 Å². The number of amides is 1. The number of hydrogen-bond acceptors (Lipinski definition) is 9. The van der Waals surface area contributed by atoms with E-state index in [-0.39, 0.29) is 33.5 Å². The summed E-state index contributed by atoms with van der Waals surface area (Å²) in [4.78, 5) is 39.6. The highest BCUT2D eigenvalue weighted by Crippen LogP contribution is 2.33. The van der Waals surface area contributed by atoms with Crippen molar-refractivity contribution >= 4 is 44.2 Å². The summed E-state index contributed by atoms with van der Waals surface area (Å²) in [6.45, 7) is 1.55. The number of pyridine rings is 1. The van der Waals surface area contributed by atoms with E-state index in [1.165, 1.54) is 55.9 Å². The van der Waals surface area contributed by atoms with Crippen LogP contribution in [0.2, 0.25) is 0 Å². The minimum Gasteiger partial charge on any atom is -0.465 e. The van der Waals surface area contributed by atoms with Crippen LogP contribution in [0, 0.1) is 17.0 Å². The fourth-order valence-electron chi connectivity index (χ4n) is 3.53. The average Bonchev–Trinajstić information content (AvgIpc) is 3.19. The number of ether oxygens (including phenoxy) is 1. The highest BCUT2D eigenvalue weighted by molar-refractivity contribution is 7.93. The Balaban J connectivity index is 1.96. The molecular weight excluding hydrogens is 478 g/mol. The van der Waals surface area contributed by atoms with Crippen molar-refractivity contribution in [2.75, 3.05) is 11.4 Å². The smallest absolute Gasteiger partial charge is 0.342 e. The number of esters is 1. The molecular formula is C23H17N3O8S. The Morgan fingerprint density at radius 3 is 2.46 bits per heavy atom. The molecule has 0 saturated carbocycles. The van der Waals surface area contributed by atoms with Crippen LogP contribution < -0.4 is 4.31 Å². The Hall–Kier alpha value is -4.58. The number of nitrogens with zero attached hydrogens (tertiary/aromatic N) is 3. The summed E-state index contributed by atoms with van der Waals surface area (Å²) in [6.07, 6.45) is 2.65. The molecule has 0 fully saturated rings. The lowest BCUT2D eigenvalue weighted by molar-refractivity contribution is -0.385. The number of methoxy groups -OCH3 is 1. The van der Waals surface area contributed by atoms with Gasteiger partial charge < -0.3 is 9.15 Å². The molecule has 178 valence electrons. The van der Waals surface area contributed by atoms with E-state index >= 15 is 0 Å². The molecule has 0 N–H and O–H groups in total. The van der Waals surface area contributed by atoms with Crippen molar-refractivity contribution in [2.24, 2.45) is 0 Å². The summed E-state index contributed by atoms with van der Waals surface area (Å²) in [5.74, 6) is -1.39. The predicted molar refractivity (Wildman–Crippen MR) is 124 cm³/mol. The Morgan fingerprint density at radius 1 is 1.09 bits per heavy atom. The second-order valence-electron chi connectivity index (χ2n) is 7.27. The zero-order valence-corrected chi connectivity index (χ0v) is 19.2. The fourth-order valence-corrected chi connectivity index (χ4v) is 4.98. The van der Waals surface area contributed by atoms with E-state index < -0.39 is 37.4 Å². The van der Waals surface area contributed by atoms with Crippen LogP contribution in [0.25, 0.3) is 11.0 Å². The van der Waals surface area contributed by atoms with Crippen LogP contribution in [-0.2, 0) is 14.8 Å². The molecule has 2 aromatic carbocycles. The Kier molecular flexibility index (Phi) is 6.05. The number of benzene rings is 2. The minimum atomic E-state index is -4.65. The lowest BCUT2D eigenvalue weighted by Crippen LogP contribution is -2.37. The van der Waals surface area contributed by atoms with E-state index in [9.17, 15) is 28.1 Å². The van der Waals surface area contributed by atoms with Gasteiger partial charge in [-0.1, -0.05) is 6.07 Å². The number of furan rings is 1. The third-order valence-corrected chi connectivity index (χ3v) is 6.86. The lowest BCUT2D eigenvalue weighted by Gasteiger charge is -2.23. The number of sulfonamides is 1. The van der Waals surface area contributed by atoms with Gasteiger partial charge in [-0.25, -0.2) is 13.2 Å². The molecule has 1 amide bonds. The molecule has 2 aromatic heterocycles. The Morgan fingerprint density at radius 2 is 1.80 bits per heavy atom. The van der Waals surface area contributed by atoms with Gasteiger partial charge in [-0.15, -0.1) is 0 Å². The second kappa shape index (κ2) is 8.99. The third-order valence-electron chi connectivity index (χ3n) is 5.15. The van der Waals surface area contributed by atoms with Crippen LogP contribution in [0.1, 0.15) is 26.5 Å². The van der Waals surface area contributed by atoms with Crippen LogP contribution in [0.3, 0.4) is 0 Å². The summed E-state index contributed by atoms with van der Waals surface area (Å²) < 4.78 is 38.3. The highest BCUT2D eigenvalue weighted by Gasteiger charge is 2.34. The van der Waals surface area contributed by atoms with Gasteiger partial charge in [0.1, 0.15) is 16.9 Å². The van der Waals surface area contributed by atoms with Gasteiger partial charge in [0, 0.05) is 35.5 Å². The molecule has 0 aliphatic carbocycles. The van der Waals surface area contributed by atoms with E-state index in [0.717, 1.165) is 18.2 Å². The molecule has 0 aliphatic heterocycles. The first kappa shape index (κ1) is 23.6. The highest BCUT2D eigenvalue weighted by atomic mass is 32.2. The molecule has 11 nitrogen and oxygen atoms in total. The quantitative estimate of drug-likeness (QED) is 0.221. The number of aromatic nitrogens is 1. The first-order valence-electron chi connectivity index (χ1n) is 10.0. The van der Waals surface area contributed by atoms with Crippen molar-refractivity contribution in [3.63, 3.8) is 0 Å². The normalized spacial score (nSPS) is 11.3. The van der Waals surface area contributed by atoms with Crippen molar-refractivity contribution in [3.05, 3.63) is 94.0 Å². The molecule has 0 saturated heterocycles. The topological polar surface area (TPSA) is 150 Å². The minimum absolute atomic E-state index is 0.00525. The third kappa shape index (κ3) is 4.22. The van der Waals surface area contributed by atoms with Gasteiger partial charge >= 0.3 is 5.97 Å². The maximum Gasteiger partial charge on any atom is 0.342 e. The lowest BCUT2D eigenvalue weighted by atomic mass is 10.1. The molecule has 35 heavy (non-hydrogen) atoms. The molecule has 0 atom stereocenters. The molecule has 2 heterocycles. The van der Waals surface area contributed by atoms with Crippen molar-refractivity contribution in [3.8, 4) is 0 Å². The number of carbonyl (C=O) groups excluding carboxylic acids is 2. The SMILES string of the molecule is COC(=O)c1c(C)oc2ccc(N(C(=O)c3ccncc3)S(=O)(=O)c3cccc([N+](=O)[O-])c3)cc12. The molecule has 0 radical (unpaired) electrons. The summed E-state index contributed by atoms with van der Waals surface area (Å²) >= 11 is 0. The molecule has 0 aliphatic rings. The number of nitro groups is 1. The number of non-ortho nitro benzene ring substituents is 1. The maximum absolute atomic E-state index is 13.7. The number of nitro benzene ring substituents is 1. The van der Waals surface area contributed by atoms with Crippen LogP contribution in [0.15, 0.2) is 76.3 Å². The van der Waals surface area contributed by atoms with Crippen LogP contribution >= 0.6 is 0 Å². The molecule has 12 heteroatoms. The zero-order chi connectivity index (χ0) is 25.3. The first-order valence-corrected chi connectivity index (χ1v) is 11.4. The van der Waals surface area contributed by atoms with Crippen molar-refractivity contribution in [2.45, 2.75) is 11.8 Å². The Bertz CT molecular complexity index is 1580. The van der Waals surface area contributed by atoms with Crippen LogP contribution in [0.5, 0.6) is 0 Å². The van der Waals surface area contributed by atoms with Gasteiger partial charge in [0.15, 0.2) is 0 Å². The molecule has 0 spiro atoms. The van der Waals surface area contributed by atoms with E-state index in [2.05, 4.69) is 4.98 Å². The summed E-state index contributed by atoms with van der Waals surface area (Å²) in [5, 5.41) is 11.5. The Labute approximate surface area is 198 Å². The molecule has 0 unspecified atom stereocenters. The van der Waals surface area contributed by atoms with Crippen molar-refractivity contribution < 1.29 is 32.1 Å². The number of hydrogen-bond donors (Lipinski definition) is 0. The maximum atomic E-state index is 13.7. The largest absolute Gasteiger partial charge is 0.465 e. The van der Waals surface area contributed by atoms with Gasteiger partial charge in [0.2, 0.25) is 0 Å². The standard InChI is InChI=1S/C23H17N3O8S/c1-14-21(23(28)33-2)19-13-16(6-7-20(19)34-14)25(22(27)15-8-10-24-11-9-15)35(31,32)18-5-3-4-17(12-18)26(29)30/h3-13H,1-2H3. The summed E-state index contributed by atoms with van der Waals surface area (Å²) in [6, 6.07) is 11.1. The van der Waals surface area contributed by atoms with E-state index in [0.29, 0.717) is 4.31 Å². The molecule has 4 aromatic rings. The van der Waals surface area contributed by atoms with Crippen LogP contribution in [-0.4, -0.2) is 37.3 Å². The summed E-state index contributed by atoms with van der Waals surface area (Å²) in [5.41, 5.74) is -0.220. The van der Waals surface area contributed by atoms with Gasteiger partial charge in [0.25, 0.3) is 21.6 Å². The first-order chi connectivity index (χ1) is 16.6. The van der Waals surface area contributed by atoms with E-state index in [1.54, 1.807) is 6.92 Å². The number of aryl methyl sites for hydroxylation is 1. The zero-order valence-electron chi connectivity index (χ0n) is 18.4. The van der Waals surface area contributed by atoms with E-state index in [4.69, 9.17) is 9.15 Å². The number of rotatable bonds is 6. The summed E-state index contributed by atoms with van der Waals surface area (Å²) in [7, 11) is -3.45. The van der Waals surface area contributed by atoms with Gasteiger partial charge in [-0.05, 0) is 43.3 Å². The van der Waals surface area contributed by atoms with Crippen molar-refractivity contribution in [1.29, 1.82) is 0 Å². The average molecular weight is 495 g/mol.